The van der Waals surface area contributed by atoms with E-state index in [1.807, 2.05) is 0 Å². The number of hydrogen-bond acceptors (Lipinski definition) is 12. The molecule has 0 amide bonds. The van der Waals surface area contributed by atoms with Gasteiger partial charge >= 0.3 is 17.1 Å². The van der Waals surface area contributed by atoms with Crippen molar-refractivity contribution in [1.82, 2.24) is 19.6 Å². The second kappa shape index (κ2) is 21.9. The van der Waals surface area contributed by atoms with Gasteiger partial charge in [-0.3, -0.25) is 0 Å². The van der Waals surface area contributed by atoms with E-state index in [2.05, 4.69) is 47.5 Å². The molecule has 0 aromatic rings. The molecular weight excluding hydrogens is 535 g/mol. The Kier molecular flexibility index (Phi) is 25.3. The van der Waals surface area contributed by atoms with E-state index in [1.54, 1.807) is 0 Å². The van der Waals surface area contributed by atoms with Crippen LogP contribution in [0.2, 0.25) is 0 Å². The molecule has 1 fully saturated rings. The third kappa shape index (κ3) is 37.3. The van der Waals surface area contributed by atoms with Gasteiger partial charge in [0, 0.05) is 26.2 Å². The molecule has 1 heterocycles. The largest absolute Gasteiger partial charge is 2.00 e. The molecule has 1 aliphatic rings. The van der Waals surface area contributed by atoms with Crippen LogP contribution in [0.4, 0.5) is 0 Å². The van der Waals surface area contributed by atoms with Gasteiger partial charge in [-0.25, -0.2) is 37.3 Å². The fourth-order valence-electron chi connectivity index (χ4n) is 3.28. The monoisotopic (exact) mass is 573 g/mol. The van der Waals surface area contributed by atoms with Crippen LogP contribution in [0.25, 0.3) is 0 Å². The van der Waals surface area contributed by atoms with Crippen molar-refractivity contribution in [2.24, 2.45) is 0 Å². The molecule has 12 nitrogen and oxygen atoms in total. The zero-order valence-electron chi connectivity index (χ0n) is 20.0. The van der Waals surface area contributed by atoms with Crippen LogP contribution in [0.1, 0.15) is 39.5 Å². The van der Waals surface area contributed by atoms with Gasteiger partial charge < -0.3 is 19.6 Å². The molecule has 0 N–H and O–H groups in total. The van der Waals surface area contributed by atoms with Crippen LogP contribution in [0.3, 0.4) is 0 Å². The second-order valence-corrected chi connectivity index (χ2v) is 9.26. The van der Waals surface area contributed by atoms with Crippen molar-refractivity contribution in [3.05, 3.63) is 0 Å². The topological polar surface area (TPSA) is 197 Å². The van der Waals surface area contributed by atoms with Crippen molar-refractivity contribution in [2.75, 3.05) is 79.5 Å². The molecule has 1 saturated heterocycles. The molecule has 0 aromatic heterocycles. The van der Waals surface area contributed by atoms with Crippen molar-refractivity contribution in [3.8, 4) is 0 Å². The second-order valence-electron chi connectivity index (χ2n) is 7.75. The van der Waals surface area contributed by atoms with Gasteiger partial charge in [0.2, 0.25) is 0 Å². The fraction of sp³-hybridized carbons (Fsp3) is 1.00. The summed E-state index contributed by atoms with van der Waals surface area (Å²) in [6, 6.07) is 0. The summed E-state index contributed by atoms with van der Waals surface area (Å²) < 4.78 is 67.9. The van der Waals surface area contributed by atoms with Crippen LogP contribution < -0.4 is 37.3 Å². The molecule has 0 unspecified atom stereocenters. The van der Waals surface area contributed by atoms with Gasteiger partial charge in [0.1, 0.15) is 0 Å². The van der Waals surface area contributed by atoms with E-state index in [0.29, 0.717) is 0 Å². The molecule has 1 aliphatic heterocycles. The van der Waals surface area contributed by atoms with Gasteiger partial charge in [-0.05, 0) is 79.0 Å². The summed E-state index contributed by atoms with van der Waals surface area (Å²) in [4.78, 5) is 10.3. The van der Waals surface area contributed by atoms with Crippen molar-refractivity contribution in [1.29, 1.82) is 0 Å². The summed E-state index contributed by atoms with van der Waals surface area (Å²) in [6.07, 6.45) is 5.14. The maximum Gasteiger partial charge on any atom is 2.00 e. The number of nitrogens with zero attached hydrogens (tertiary/aromatic N) is 4. The summed E-state index contributed by atoms with van der Waals surface area (Å²) in [7, 11) is -5.35. The Morgan fingerprint density at radius 3 is 1.03 bits per heavy atom. The average Bonchev–Trinajstić information content (AvgIpc) is 2.61. The van der Waals surface area contributed by atoms with E-state index < -0.39 is 20.5 Å². The molecule has 0 saturated carbocycles. The van der Waals surface area contributed by atoms with Gasteiger partial charge in [0.15, 0.2) is 0 Å². The van der Waals surface area contributed by atoms with E-state index in [0.717, 1.165) is 0 Å². The average molecular weight is 575 g/mol. The molecule has 0 bridgehead atoms. The van der Waals surface area contributed by atoms with Crippen molar-refractivity contribution < 1.29 is 74.8 Å². The Morgan fingerprint density at radius 2 is 0.788 bits per heavy atom. The third-order valence-corrected chi connectivity index (χ3v) is 4.70. The summed E-state index contributed by atoms with van der Waals surface area (Å²) in [6.45, 7) is 17.0. The Hall–Kier alpha value is 0.619. The van der Waals surface area contributed by atoms with Gasteiger partial charge in [0.25, 0.3) is 0 Å². The minimum absolute atomic E-state index is 0. The molecule has 0 aliphatic carbocycles. The van der Waals surface area contributed by atoms with Gasteiger partial charge in [-0.2, -0.15) is 0 Å². The molecule has 33 heavy (non-hydrogen) atoms. The third-order valence-electron chi connectivity index (χ3n) is 4.70. The number of hydrogen-bond donors (Lipinski definition) is 0. The van der Waals surface area contributed by atoms with Crippen molar-refractivity contribution >= 4 is 0 Å². The first kappa shape index (κ1) is 38.2. The van der Waals surface area contributed by atoms with Crippen molar-refractivity contribution in [2.45, 2.75) is 39.5 Å². The molecule has 1 rings (SSSR count). The summed E-state index contributed by atoms with van der Waals surface area (Å²) in [5, 5.41) is 0. The Balaban J connectivity index is -0.000000686. The van der Waals surface area contributed by atoms with E-state index in [9.17, 15) is 0 Å². The number of likely N-dealkylation sites (N-methyl/N-ethyl adjacent to an activating group) is 2. The standard InChI is InChI=1S/C18H40N4.2ClHO4.Cu/c1-5-9-21-13-7-11-19(3)15-16-20(4)12-8-14-22(10-6-2)18-17-21;2*2-1(3,4)5;/h5-18H2,1-4H3;2*(H,2,3,4,5);/q;;;+2/p-2. The Morgan fingerprint density at radius 1 is 0.515 bits per heavy atom. The minimum Gasteiger partial charge on any atom is -0.305 e. The molecule has 205 valence electrons. The molecular formula is C18H40Cl2CuN4O8. The Bertz CT molecular complexity index is 387. The van der Waals surface area contributed by atoms with Crippen LogP contribution >= 0.6 is 0 Å². The van der Waals surface area contributed by atoms with E-state index in [4.69, 9.17) is 37.3 Å². The van der Waals surface area contributed by atoms with Gasteiger partial charge in [-0.1, -0.05) is 13.8 Å². The SMILES string of the molecule is CCCN1CCCN(C)CCN(C)CCCN(CCC)CC1.[Cu+2].[O-][Cl+3]([O-])([O-])[O-].[O-][Cl+3]([O-])([O-])[O-]. The van der Waals surface area contributed by atoms with E-state index >= 15 is 0 Å². The minimum atomic E-state index is -4.94. The summed E-state index contributed by atoms with van der Waals surface area (Å²) in [5.41, 5.74) is 0. The molecule has 0 atom stereocenters. The molecule has 0 aromatic carbocycles. The van der Waals surface area contributed by atoms with Gasteiger partial charge in [0.05, 0.1) is 0 Å². The molecule has 0 spiro atoms. The van der Waals surface area contributed by atoms with Crippen LogP contribution in [-0.2, 0) is 17.1 Å². The zero-order valence-corrected chi connectivity index (χ0v) is 22.5. The van der Waals surface area contributed by atoms with Crippen LogP contribution in [-0.4, -0.2) is 99.1 Å². The number of halogens is 2. The van der Waals surface area contributed by atoms with Crippen molar-refractivity contribution in [3.63, 3.8) is 0 Å². The maximum absolute atomic E-state index is 8.49. The van der Waals surface area contributed by atoms with Crippen LogP contribution in [0.5, 0.6) is 0 Å². The van der Waals surface area contributed by atoms with Crippen LogP contribution in [0, 0.1) is 20.5 Å². The summed E-state index contributed by atoms with van der Waals surface area (Å²) >= 11 is 0. The van der Waals surface area contributed by atoms with E-state index in [1.165, 1.54) is 91.1 Å². The molecule has 1 radical (unpaired) electrons. The summed E-state index contributed by atoms with van der Waals surface area (Å²) in [5.74, 6) is 0. The first-order valence-corrected chi connectivity index (χ1v) is 13.2. The maximum atomic E-state index is 8.49. The first-order chi connectivity index (χ1) is 14.7. The molecule has 15 heteroatoms. The fourth-order valence-corrected chi connectivity index (χ4v) is 3.28. The zero-order chi connectivity index (χ0) is 25.2. The van der Waals surface area contributed by atoms with Crippen LogP contribution in [0.15, 0.2) is 0 Å². The number of rotatable bonds is 4. The predicted octanol–water partition coefficient (Wildman–Crippen LogP) is -7.45. The quantitative estimate of drug-likeness (QED) is 0.288. The first-order valence-electron chi connectivity index (χ1n) is 10.7. The van der Waals surface area contributed by atoms with E-state index in [-0.39, 0.29) is 17.1 Å². The predicted molar refractivity (Wildman–Crippen MR) is 97.7 cm³/mol. The Labute approximate surface area is 213 Å². The van der Waals surface area contributed by atoms with Gasteiger partial charge in [-0.15, -0.1) is 20.5 Å². The smallest absolute Gasteiger partial charge is 0.305 e. The normalized spacial score (nSPS) is 19.3.